The zero-order chi connectivity index (χ0) is 13.3. The SMILES string of the molecule is CCN(CCCC1CCCCN1)Cc1ccccc1. The van der Waals surface area contributed by atoms with Crippen LogP contribution in [0.4, 0.5) is 0 Å². The maximum atomic E-state index is 3.64. The molecule has 1 N–H and O–H groups in total. The lowest BCUT2D eigenvalue weighted by atomic mass is 10.0. The lowest BCUT2D eigenvalue weighted by molar-refractivity contribution is 0.262. The Morgan fingerprint density at radius 3 is 2.74 bits per heavy atom. The molecule has 1 saturated heterocycles. The summed E-state index contributed by atoms with van der Waals surface area (Å²) in [6.45, 7) is 6.96. The first-order chi connectivity index (χ1) is 9.38. The molecule has 19 heavy (non-hydrogen) atoms. The van der Waals surface area contributed by atoms with Crippen LogP contribution in [0.3, 0.4) is 0 Å². The summed E-state index contributed by atoms with van der Waals surface area (Å²) >= 11 is 0. The maximum Gasteiger partial charge on any atom is 0.0233 e. The molecular weight excluding hydrogens is 232 g/mol. The maximum absolute atomic E-state index is 3.64. The van der Waals surface area contributed by atoms with Gasteiger partial charge in [-0.25, -0.2) is 0 Å². The Morgan fingerprint density at radius 1 is 1.21 bits per heavy atom. The standard InChI is InChI=1S/C17H28N2/c1-2-19(15-16-9-4-3-5-10-16)14-8-12-17-11-6-7-13-18-17/h3-5,9-10,17-18H,2,6-8,11-15H2,1H3. The van der Waals surface area contributed by atoms with Crippen LogP contribution in [0.2, 0.25) is 0 Å². The van der Waals surface area contributed by atoms with Crippen LogP contribution < -0.4 is 5.32 Å². The molecule has 0 aliphatic carbocycles. The van der Waals surface area contributed by atoms with Crippen LogP contribution in [0.1, 0.15) is 44.6 Å². The molecule has 1 aliphatic rings. The Kier molecular flexibility index (Phi) is 6.38. The second-order valence-corrected chi connectivity index (χ2v) is 5.64. The predicted octanol–water partition coefficient (Wildman–Crippen LogP) is 3.43. The van der Waals surface area contributed by atoms with Crippen LogP contribution in [-0.4, -0.2) is 30.6 Å². The molecule has 0 amide bonds. The van der Waals surface area contributed by atoms with Gasteiger partial charge >= 0.3 is 0 Å². The number of nitrogens with one attached hydrogen (secondary N) is 1. The van der Waals surface area contributed by atoms with Gasteiger partial charge in [0.15, 0.2) is 0 Å². The molecule has 0 radical (unpaired) electrons. The molecule has 0 saturated carbocycles. The van der Waals surface area contributed by atoms with E-state index in [0.717, 1.165) is 19.1 Å². The zero-order valence-electron chi connectivity index (χ0n) is 12.3. The van der Waals surface area contributed by atoms with Crippen LogP contribution in [-0.2, 0) is 6.54 Å². The lowest BCUT2D eigenvalue weighted by Gasteiger charge is -2.25. The quantitative estimate of drug-likeness (QED) is 0.808. The van der Waals surface area contributed by atoms with Gasteiger partial charge in [-0.05, 0) is 50.9 Å². The van der Waals surface area contributed by atoms with Crippen molar-refractivity contribution >= 4 is 0 Å². The highest BCUT2D eigenvalue weighted by Gasteiger charge is 2.12. The molecule has 106 valence electrons. The number of nitrogens with zero attached hydrogens (tertiary/aromatic N) is 1. The van der Waals surface area contributed by atoms with E-state index in [9.17, 15) is 0 Å². The summed E-state index contributed by atoms with van der Waals surface area (Å²) < 4.78 is 0. The highest BCUT2D eigenvalue weighted by Crippen LogP contribution is 2.13. The molecule has 2 rings (SSSR count). The first kappa shape index (κ1) is 14.5. The van der Waals surface area contributed by atoms with Crippen LogP contribution in [0, 0.1) is 0 Å². The van der Waals surface area contributed by atoms with E-state index >= 15 is 0 Å². The Hall–Kier alpha value is -0.860. The van der Waals surface area contributed by atoms with Crippen LogP contribution in [0.25, 0.3) is 0 Å². The first-order valence-corrected chi connectivity index (χ1v) is 7.88. The Morgan fingerprint density at radius 2 is 2.05 bits per heavy atom. The summed E-state index contributed by atoms with van der Waals surface area (Å²) in [4.78, 5) is 2.55. The molecule has 1 heterocycles. The summed E-state index contributed by atoms with van der Waals surface area (Å²) in [6.07, 6.45) is 6.82. The normalized spacial score (nSPS) is 19.8. The largest absolute Gasteiger partial charge is 0.314 e. The smallest absolute Gasteiger partial charge is 0.0233 e. The van der Waals surface area contributed by atoms with Gasteiger partial charge in [0, 0.05) is 12.6 Å². The van der Waals surface area contributed by atoms with E-state index in [1.807, 2.05) is 0 Å². The van der Waals surface area contributed by atoms with Gasteiger partial charge in [-0.3, -0.25) is 4.90 Å². The van der Waals surface area contributed by atoms with E-state index in [1.54, 1.807) is 0 Å². The van der Waals surface area contributed by atoms with Crippen LogP contribution in [0.5, 0.6) is 0 Å². The third-order valence-electron chi connectivity index (χ3n) is 4.14. The van der Waals surface area contributed by atoms with Gasteiger partial charge < -0.3 is 5.32 Å². The van der Waals surface area contributed by atoms with Gasteiger partial charge in [0.25, 0.3) is 0 Å². The Bertz CT molecular complexity index is 330. The second kappa shape index (κ2) is 8.34. The summed E-state index contributed by atoms with van der Waals surface area (Å²) in [6, 6.07) is 11.6. The van der Waals surface area contributed by atoms with Gasteiger partial charge in [-0.1, -0.05) is 43.7 Å². The summed E-state index contributed by atoms with van der Waals surface area (Å²) in [5, 5.41) is 3.64. The Balaban J connectivity index is 1.67. The molecule has 0 aromatic heterocycles. The van der Waals surface area contributed by atoms with Crippen molar-refractivity contribution in [3.63, 3.8) is 0 Å². The van der Waals surface area contributed by atoms with Crippen molar-refractivity contribution in [3.05, 3.63) is 35.9 Å². The molecule has 1 unspecified atom stereocenters. The molecular formula is C17H28N2. The van der Waals surface area contributed by atoms with Crippen molar-refractivity contribution in [1.82, 2.24) is 10.2 Å². The topological polar surface area (TPSA) is 15.3 Å². The second-order valence-electron chi connectivity index (χ2n) is 5.64. The zero-order valence-corrected chi connectivity index (χ0v) is 12.3. The number of hydrogen-bond acceptors (Lipinski definition) is 2. The molecule has 0 bridgehead atoms. The van der Waals surface area contributed by atoms with Gasteiger partial charge in [-0.15, -0.1) is 0 Å². The summed E-state index contributed by atoms with van der Waals surface area (Å²) in [5.41, 5.74) is 1.43. The fourth-order valence-corrected chi connectivity index (χ4v) is 2.92. The van der Waals surface area contributed by atoms with Crippen LogP contribution >= 0.6 is 0 Å². The molecule has 0 spiro atoms. The van der Waals surface area contributed by atoms with Gasteiger partial charge in [0.05, 0.1) is 0 Å². The number of hydrogen-bond donors (Lipinski definition) is 1. The fourth-order valence-electron chi connectivity index (χ4n) is 2.92. The van der Waals surface area contributed by atoms with Crippen molar-refractivity contribution in [1.29, 1.82) is 0 Å². The Labute approximate surface area is 118 Å². The highest BCUT2D eigenvalue weighted by molar-refractivity contribution is 5.14. The van der Waals surface area contributed by atoms with Gasteiger partial charge in [0.1, 0.15) is 0 Å². The third kappa shape index (κ3) is 5.33. The van der Waals surface area contributed by atoms with E-state index < -0.39 is 0 Å². The molecule has 1 aromatic carbocycles. The van der Waals surface area contributed by atoms with E-state index in [1.165, 1.54) is 50.8 Å². The molecule has 2 nitrogen and oxygen atoms in total. The van der Waals surface area contributed by atoms with E-state index in [2.05, 4.69) is 47.5 Å². The van der Waals surface area contributed by atoms with E-state index in [0.29, 0.717) is 0 Å². The van der Waals surface area contributed by atoms with Gasteiger partial charge in [-0.2, -0.15) is 0 Å². The van der Waals surface area contributed by atoms with Crippen molar-refractivity contribution < 1.29 is 0 Å². The summed E-state index contributed by atoms with van der Waals surface area (Å²) in [7, 11) is 0. The molecule has 1 aliphatic heterocycles. The molecule has 1 aromatic rings. The molecule has 1 fully saturated rings. The van der Waals surface area contributed by atoms with E-state index in [4.69, 9.17) is 0 Å². The third-order valence-corrected chi connectivity index (χ3v) is 4.14. The number of piperidine rings is 1. The van der Waals surface area contributed by atoms with Crippen molar-refractivity contribution in [3.8, 4) is 0 Å². The average molecular weight is 260 g/mol. The van der Waals surface area contributed by atoms with Gasteiger partial charge in [0.2, 0.25) is 0 Å². The number of benzene rings is 1. The monoisotopic (exact) mass is 260 g/mol. The average Bonchev–Trinajstić information content (AvgIpc) is 2.48. The van der Waals surface area contributed by atoms with Crippen molar-refractivity contribution in [2.75, 3.05) is 19.6 Å². The molecule has 1 atom stereocenters. The van der Waals surface area contributed by atoms with Crippen molar-refractivity contribution in [2.24, 2.45) is 0 Å². The van der Waals surface area contributed by atoms with Crippen LogP contribution in [0.15, 0.2) is 30.3 Å². The fraction of sp³-hybridized carbons (Fsp3) is 0.647. The lowest BCUT2D eigenvalue weighted by Crippen LogP contribution is -2.34. The predicted molar refractivity (Wildman–Crippen MR) is 82.3 cm³/mol. The highest BCUT2D eigenvalue weighted by atomic mass is 15.1. The number of rotatable bonds is 7. The van der Waals surface area contributed by atoms with Crippen molar-refractivity contribution in [2.45, 2.75) is 51.6 Å². The first-order valence-electron chi connectivity index (χ1n) is 7.88. The van der Waals surface area contributed by atoms with E-state index in [-0.39, 0.29) is 0 Å². The molecule has 2 heteroatoms. The minimum absolute atomic E-state index is 0.782. The minimum Gasteiger partial charge on any atom is -0.314 e. The minimum atomic E-state index is 0.782. The summed E-state index contributed by atoms with van der Waals surface area (Å²) in [5.74, 6) is 0.